The van der Waals surface area contributed by atoms with Gasteiger partial charge in [0.15, 0.2) is 0 Å². The minimum Gasteiger partial charge on any atom is -0.469 e. The first-order valence-corrected chi connectivity index (χ1v) is 8.55. The van der Waals surface area contributed by atoms with Crippen molar-refractivity contribution in [2.75, 3.05) is 20.2 Å². The van der Waals surface area contributed by atoms with Crippen molar-refractivity contribution in [2.45, 2.75) is 23.5 Å². The summed E-state index contributed by atoms with van der Waals surface area (Å²) >= 11 is 0. The number of rotatable bonds is 4. The van der Waals surface area contributed by atoms with Crippen LogP contribution in [0.2, 0.25) is 0 Å². The van der Waals surface area contributed by atoms with Crippen molar-refractivity contribution in [3.8, 4) is 0 Å². The number of halogens is 3. The maximum atomic E-state index is 12.7. The van der Waals surface area contributed by atoms with E-state index < -0.39 is 51.0 Å². The Hall–Kier alpha value is -2.14. The molecular weight excluding hydrogens is 365 g/mol. The van der Waals surface area contributed by atoms with Gasteiger partial charge in [-0.25, -0.2) is 8.42 Å². The largest absolute Gasteiger partial charge is 0.469 e. The van der Waals surface area contributed by atoms with E-state index in [1.165, 1.54) is 0 Å². The van der Waals surface area contributed by atoms with Gasteiger partial charge in [-0.05, 0) is 24.3 Å². The number of sulfonamides is 1. The molecule has 0 saturated carbocycles. The van der Waals surface area contributed by atoms with Crippen molar-refractivity contribution in [3.05, 3.63) is 29.8 Å². The molecule has 1 unspecified atom stereocenters. The van der Waals surface area contributed by atoms with Crippen LogP contribution in [0.25, 0.3) is 0 Å². The van der Waals surface area contributed by atoms with E-state index >= 15 is 0 Å². The maximum absolute atomic E-state index is 12.7. The van der Waals surface area contributed by atoms with E-state index in [1.54, 1.807) is 0 Å². The number of piperazine rings is 1. The highest BCUT2D eigenvalue weighted by molar-refractivity contribution is 7.89. The minimum atomic E-state index is -4.60. The Balaban J connectivity index is 2.35. The summed E-state index contributed by atoms with van der Waals surface area (Å²) in [5, 5.41) is 2.44. The van der Waals surface area contributed by atoms with E-state index in [1.807, 2.05) is 0 Å². The van der Waals surface area contributed by atoms with Crippen LogP contribution >= 0.6 is 0 Å². The van der Waals surface area contributed by atoms with Gasteiger partial charge in [0.2, 0.25) is 15.9 Å². The summed E-state index contributed by atoms with van der Waals surface area (Å²) in [4.78, 5) is 23.0. The highest BCUT2D eigenvalue weighted by atomic mass is 32.2. The van der Waals surface area contributed by atoms with Crippen LogP contribution in [-0.2, 0) is 30.5 Å². The van der Waals surface area contributed by atoms with Crippen LogP contribution in [0.5, 0.6) is 0 Å². The lowest BCUT2D eigenvalue weighted by Gasteiger charge is -2.33. The van der Waals surface area contributed by atoms with Gasteiger partial charge in [-0.2, -0.15) is 17.5 Å². The SMILES string of the molecule is COC(=O)CC1C(=O)NCCN1S(=O)(=O)c1ccc(C(F)(F)F)cc1. The zero-order valence-electron chi connectivity index (χ0n) is 13.0. The second-order valence-electron chi connectivity index (χ2n) is 5.22. The van der Waals surface area contributed by atoms with Gasteiger partial charge in [0.1, 0.15) is 6.04 Å². The normalized spacial score (nSPS) is 19.4. The molecule has 1 heterocycles. The molecule has 11 heteroatoms. The zero-order valence-corrected chi connectivity index (χ0v) is 13.9. The van der Waals surface area contributed by atoms with E-state index in [4.69, 9.17) is 0 Å². The first kappa shape index (κ1) is 19.2. The minimum absolute atomic E-state index is 0.0242. The molecule has 0 aliphatic carbocycles. The number of hydrogen-bond donors (Lipinski definition) is 1. The Morgan fingerprint density at radius 1 is 1.32 bits per heavy atom. The fourth-order valence-electron chi connectivity index (χ4n) is 2.37. The van der Waals surface area contributed by atoms with E-state index in [9.17, 15) is 31.2 Å². The Kier molecular flexibility index (Phi) is 5.37. The molecule has 7 nitrogen and oxygen atoms in total. The molecule has 2 rings (SSSR count). The standard InChI is InChI=1S/C14H15F3N2O5S/c1-24-12(20)8-11-13(21)18-6-7-19(11)25(22,23)10-4-2-9(3-5-10)14(15,16)17/h2-5,11H,6-8H2,1H3,(H,18,21). The van der Waals surface area contributed by atoms with Gasteiger partial charge in [-0.3, -0.25) is 9.59 Å². The highest BCUT2D eigenvalue weighted by Crippen LogP contribution is 2.30. The van der Waals surface area contributed by atoms with Crippen molar-refractivity contribution in [2.24, 2.45) is 0 Å². The lowest BCUT2D eigenvalue weighted by atomic mass is 10.1. The molecule has 1 aromatic rings. The first-order valence-electron chi connectivity index (χ1n) is 7.11. The van der Waals surface area contributed by atoms with Crippen LogP contribution in [0.1, 0.15) is 12.0 Å². The number of esters is 1. The second kappa shape index (κ2) is 7.00. The molecule has 1 aromatic carbocycles. The quantitative estimate of drug-likeness (QED) is 0.779. The molecule has 138 valence electrons. The van der Waals surface area contributed by atoms with Gasteiger partial charge < -0.3 is 10.1 Å². The molecule has 0 bridgehead atoms. The average molecular weight is 380 g/mol. The summed E-state index contributed by atoms with van der Waals surface area (Å²) in [7, 11) is -3.17. The van der Waals surface area contributed by atoms with Crippen molar-refractivity contribution in [1.29, 1.82) is 0 Å². The molecule has 1 atom stereocenters. The molecular formula is C14H15F3N2O5S. The number of benzene rings is 1. The molecule has 0 aromatic heterocycles. The van der Waals surface area contributed by atoms with Gasteiger partial charge in [0.05, 0.1) is 24.0 Å². The molecule has 1 saturated heterocycles. The van der Waals surface area contributed by atoms with Crippen LogP contribution in [-0.4, -0.2) is 50.8 Å². The summed E-state index contributed by atoms with van der Waals surface area (Å²) < 4.78 is 68.4. The van der Waals surface area contributed by atoms with E-state index in [0.29, 0.717) is 12.1 Å². The lowest BCUT2D eigenvalue weighted by Crippen LogP contribution is -2.57. The molecule has 1 aliphatic rings. The summed E-state index contributed by atoms with van der Waals surface area (Å²) in [6.07, 6.45) is -5.09. The van der Waals surface area contributed by atoms with Crippen molar-refractivity contribution >= 4 is 21.9 Å². The maximum Gasteiger partial charge on any atom is 0.416 e. The van der Waals surface area contributed by atoms with Crippen molar-refractivity contribution in [3.63, 3.8) is 0 Å². The molecule has 1 aliphatic heterocycles. The number of alkyl halides is 3. The third kappa shape index (κ3) is 4.10. The number of ether oxygens (including phenoxy) is 1. The number of nitrogens with zero attached hydrogens (tertiary/aromatic N) is 1. The monoisotopic (exact) mass is 380 g/mol. The Morgan fingerprint density at radius 3 is 2.44 bits per heavy atom. The number of hydrogen-bond acceptors (Lipinski definition) is 5. The lowest BCUT2D eigenvalue weighted by molar-refractivity contribution is -0.144. The Morgan fingerprint density at radius 2 is 1.92 bits per heavy atom. The van der Waals surface area contributed by atoms with E-state index in [0.717, 1.165) is 23.5 Å². The summed E-state index contributed by atoms with van der Waals surface area (Å²) in [5.74, 6) is -1.46. The Labute approximate surface area is 141 Å². The fraction of sp³-hybridized carbons (Fsp3) is 0.429. The topological polar surface area (TPSA) is 92.8 Å². The van der Waals surface area contributed by atoms with Gasteiger partial charge in [0.25, 0.3) is 0 Å². The number of carbonyl (C=O) groups is 2. The number of methoxy groups -OCH3 is 1. The molecule has 1 fully saturated rings. The van der Waals surface area contributed by atoms with Crippen LogP contribution in [0.4, 0.5) is 13.2 Å². The molecule has 1 N–H and O–H groups in total. The summed E-state index contributed by atoms with van der Waals surface area (Å²) in [5.41, 5.74) is -0.992. The highest BCUT2D eigenvalue weighted by Gasteiger charge is 2.40. The van der Waals surface area contributed by atoms with Gasteiger partial charge in [-0.1, -0.05) is 0 Å². The molecule has 0 spiro atoms. The third-order valence-corrected chi connectivity index (χ3v) is 5.58. The summed E-state index contributed by atoms with van der Waals surface area (Å²) in [6.45, 7) is -0.0902. The third-order valence-electron chi connectivity index (χ3n) is 3.66. The average Bonchev–Trinajstić information content (AvgIpc) is 2.55. The van der Waals surface area contributed by atoms with Gasteiger partial charge in [0, 0.05) is 13.1 Å². The van der Waals surface area contributed by atoms with Gasteiger partial charge in [-0.15, -0.1) is 0 Å². The molecule has 0 radical (unpaired) electrons. The van der Waals surface area contributed by atoms with Crippen LogP contribution in [0, 0.1) is 0 Å². The predicted octanol–water partition coefficient (Wildman–Crippen LogP) is 0.758. The second-order valence-corrected chi connectivity index (χ2v) is 7.12. The van der Waals surface area contributed by atoms with Crippen molar-refractivity contribution < 1.29 is 35.9 Å². The van der Waals surface area contributed by atoms with Crippen molar-refractivity contribution in [1.82, 2.24) is 9.62 Å². The smallest absolute Gasteiger partial charge is 0.416 e. The van der Waals surface area contributed by atoms with Gasteiger partial charge >= 0.3 is 12.1 Å². The first-order chi connectivity index (χ1) is 11.6. The number of amides is 1. The Bertz CT molecular complexity index is 762. The van der Waals surface area contributed by atoms with Crippen LogP contribution < -0.4 is 5.32 Å². The molecule has 25 heavy (non-hydrogen) atoms. The van der Waals surface area contributed by atoms with E-state index in [2.05, 4.69) is 10.1 Å². The summed E-state index contributed by atoms with van der Waals surface area (Å²) in [6, 6.07) is 1.60. The predicted molar refractivity (Wildman–Crippen MR) is 78.8 cm³/mol. The molecule has 1 amide bonds. The zero-order chi connectivity index (χ0) is 18.8. The number of carbonyl (C=O) groups excluding carboxylic acids is 2. The fourth-order valence-corrected chi connectivity index (χ4v) is 3.96. The van der Waals surface area contributed by atoms with Crippen LogP contribution in [0.15, 0.2) is 29.2 Å². The van der Waals surface area contributed by atoms with Crippen LogP contribution in [0.3, 0.4) is 0 Å². The number of nitrogens with one attached hydrogen (secondary N) is 1. The van der Waals surface area contributed by atoms with E-state index in [-0.39, 0.29) is 13.1 Å².